The van der Waals surface area contributed by atoms with Crippen molar-refractivity contribution in [1.82, 2.24) is 9.97 Å². The minimum Gasteiger partial charge on any atom is -0.369 e. The lowest BCUT2D eigenvalue weighted by molar-refractivity contribution is 1.15. The summed E-state index contributed by atoms with van der Waals surface area (Å²) in [4.78, 5) is 8.59. The topological polar surface area (TPSA) is 37.8 Å². The number of benzene rings is 1. The van der Waals surface area contributed by atoms with E-state index in [9.17, 15) is 0 Å². The predicted molar refractivity (Wildman–Crippen MR) is 80.3 cm³/mol. The summed E-state index contributed by atoms with van der Waals surface area (Å²) in [6, 6.07) is 6.22. The summed E-state index contributed by atoms with van der Waals surface area (Å²) in [5.74, 6) is 2.96. The maximum atomic E-state index is 4.31. The van der Waals surface area contributed by atoms with Crippen LogP contribution in [-0.4, -0.2) is 28.0 Å². The minimum absolute atomic E-state index is 0.901. The van der Waals surface area contributed by atoms with Crippen LogP contribution in [0.15, 0.2) is 37.2 Å². The van der Waals surface area contributed by atoms with Crippen LogP contribution in [0.1, 0.15) is 5.56 Å². The molecule has 0 bridgehead atoms. The van der Waals surface area contributed by atoms with E-state index in [4.69, 9.17) is 0 Å². The number of nitrogens with one attached hydrogen (secondary N) is 1. The fraction of sp³-hybridized carbons (Fsp3) is 0.286. The van der Waals surface area contributed by atoms with Crippen molar-refractivity contribution >= 4 is 28.5 Å². The van der Waals surface area contributed by atoms with Gasteiger partial charge in [-0.2, -0.15) is 11.8 Å². The molecule has 94 valence electrons. The van der Waals surface area contributed by atoms with E-state index < -0.39 is 0 Å². The largest absolute Gasteiger partial charge is 0.369 e. The van der Waals surface area contributed by atoms with Gasteiger partial charge in [-0.3, -0.25) is 0 Å². The molecule has 0 aliphatic carbocycles. The number of anilines is 1. The average molecular weight is 259 g/mol. The van der Waals surface area contributed by atoms with E-state index in [1.807, 2.05) is 23.9 Å². The summed E-state index contributed by atoms with van der Waals surface area (Å²) < 4.78 is 0. The van der Waals surface area contributed by atoms with Crippen LogP contribution in [0.5, 0.6) is 0 Å². The van der Waals surface area contributed by atoms with Gasteiger partial charge >= 0.3 is 0 Å². The summed E-state index contributed by atoms with van der Waals surface area (Å²) in [5, 5.41) is 4.46. The molecule has 0 fully saturated rings. The molecule has 0 unspecified atom stereocenters. The number of hydrogen-bond acceptors (Lipinski definition) is 4. The van der Waals surface area contributed by atoms with Gasteiger partial charge in [-0.25, -0.2) is 9.97 Å². The van der Waals surface area contributed by atoms with Crippen LogP contribution in [0.25, 0.3) is 10.9 Å². The third-order valence-electron chi connectivity index (χ3n) is 2.57. The van der Waals surface area contributed by atoms with Crippen LogP contribution in [0.2, 0.25) is 0 Å². The molecule has 1 heterocycles. The molecule has 0 aliphatic rings. The zero-order chi connectivity index (χ0) is 12.8. The van der Waals surface area contributed by atoms with E-state index in [-0.39, 0.29) is 0 Å². The number of aromatic nitrogens is 2. The molecule has 0 radical (unpaired) electrons. The summed E-state index contributed by atoms with van der Waals surface area (Å²) in [5.41, 5.74) is 2.21. The third-order valence-corrected chi connectivity index (χ3v) is 3.53. The molecule has 0 spiro atoms. The number of nitrogens with zero attached hydrogens (tertiary/aromatic N) is 2. The number of thioether (sulfide) groups is 1. The highest BCUT2D eigenvalue weighted by Crippen LogP contribution is 2.20. The zero-order valence-electron chi connectivity index (χ0n) is 10.5. The van der Waals surface area contributed by atoms with Gasteiger partial charge in [0.15, 0.2) is 0 Å². The van der Waals surface area contributed by atoms with Crippen molar-refractivity contribution < 1.29 is 0 Å². The number of fused-ring (bicyclic) bond motifs is 1. The number of hydrogen-bond donors (Lipinski definition) is 1. The minimum atomic E-state index is 0.901. The molecular formula is C14H17N3S. The molecule has 0 atom stereocenters. The first kappa shape index (κ1) is 12.9. The predicted octanol–water partition coefficient (Wildman–Crippen LogP) is 3.27. The lowest BCUT2D eigenvalue weighted by Gasteiger charge is -2.08. The third kappa shape index (κ3) is 3.23. The first-order chi connectivity index (χ1) is 8.81. The van der Waals surface area contributed by atoms with E-state index >= 15 is 0 Å². The molecular weight excluding hydrogens is 242 g/mol. The molecule has 0 amide bonds. The Morgan fingerprint density at radius 2 is 2.28 bits per heavy atom. The molecule has 4 heteroatoms. The fourth-order valence-corrected chi connectivity index (χ4v) is 2.30. The maximum Gasteiger partial charge on any atom is 0.137 e. The molecule has 18 heavy (non-hydrogen) atoms. The molecule has 1 aromatic carbocycles. The van der Waals surface area contributed by atoms with Crippen molar-refractivity contribution in [2.75, 3.05) is 23.4 Å². The van der Waals surface area contributed by atoms with Crippen molar-refractivity contribution in [2.24, 2.45) is 0 Å². The highest BCUT2D eigenvalue weighted by molar-refractivity contribution is 7.99. The SMILES string of the molecule is C=CCSCCNc1ncnc2ccc(C)cc12. The van der Waals surface area contributed by atoms with Gasteiger partial charge in [-0.1, -0.05) is 17.7 Å². The summed E-state index contributed by atoms with van der Waals surface area (Å²) in [7, 11) is 0. The van der Waals surface area contributed by atoms with E-state index in [1.54, 1.807) is 6.33 Å². The lowest BCUT2D eigenvalue weighted by Crippen LogP contribution is -2.06. The smallest absolute Gasteiger partial charge is 0.137 e. The standard InChI is InChI=1S/C14H17N3S/c1-3-7-18-8-6-15-14-12-9-11(2)4-5-13(12)16-10-17-14/h3-5,9-10H,1,6-8H2,2H3,(H,15,16,17). The Balaban J connectivity index is 2.08. The van der Waals surface area contributed by atoms with Crippen LogP contribution in [-0.2, 0) is 0 Å². The average Bonchev–Trinajstić information content (AvgIpc) is 2.39. The van der Waals surface area contributed by atoms with Gasteiger partial charge in [-0.05, 0) is 19.1 Å². The first-order valence-electron chi connectivity index (χ1n) is 5.95. The van der Waals surface area contributed by atoms with E-state index in [0.717, 1.165) is 34.8 Å². The highest BCUT2D eigenvalue weighted by Gasteiger charge is 2.02. The van der Waals surface area contributed by atoms with Gasteiger partial charge in [0.25, 0.3) is 0 Å². The molecule has 2 rings (SSSR count). The molecule has 1 N–H and O–H groups in total. The van der Waals surface area contributed by atoms with Gasteiger partial charge in [-0.15, -0.1) is 6.58 Å². The number of rotatable bonds is 6. The number of aryl methyl sites for hydroxylation is 1. The van der Waals surface area contributed by atoms with Gasteiger partial charge in [0.1, 0.15) is 12.1 Å². The molecule has 2 aromatic rings. The zero-order valence-corrected chi connectivity index (χ0v) is 11.3. The Kier molecular flexibility index (Phi) is 4.59. The molecule has 0 aliphatic heterocycles. The van der Waals surface area contributed by atoms with E-state index in [0.29, 0.717) is 0 Å². The van der Waals surface area contributed by atoms with Gasteiger partial charge in [0.2, 0.25) is 0 Å². The molecule has 0 saturated carbocycles. The Morgan fingerprint density at radius 3 is 3.11 bits per heavy atom. The maximum absolute atomic E-state index is 4.31. The first-order valence-corrected chi connectivity index (χ1v) is 7.10. The summed E-state index contributed by atoms with van der Waals surface area (Å²) in [6.07, 6.45) is 3.53. The monoisotopic (exact) mass is 259 g/mol. The second-order valence-electron chi connectivity index (χ2n) is 4.03. The Hall–Kier alpha value is -1.55. The van der Waals surface area contributed by atoms with Crippen LogP contribution in [0.4, 0.5) is 5.82 Å². The van der Waals surface area contributed by atoms with Crippen molar-refractivity contribution in [2.45, 2.75) is 6.92 Å². The second-order valence-corrected chi connectivity index (χ2v) is 5.18. The van der Waals surface area contributed by atoms with Gasteiger partial charge in [0.05, 0.1) is 5.52 Å². The van der Waals surface area contributed by atoms with Crippen molar-refractivity contribution in [3.63, 3.8) is 0 Å². The Bertz CT molecular complexity index is 540. The van der Waals surface area contributed by atoms with E-state index in [1.165, 1.54) is 5.56 Å². The fourth-order valence-electron chi connectivity index (χ4n) is 1.72. The second kappa shape index (κ2) is 6.40. The van der Waals surface area contributed by atoms with Crippen molar-refractivity contribution in [3.05, 3.63) is 42.7 Å². The summed E-state index contributed by atoms with van der Waals surface area (Å²) in [6.45, 7) is 6.69. The highest BCUT2D eigenvalue weighted by atomic mass is 32.2. The van der Waals surface area contributed by atoms with Crippen molar-refractivity contribution in [3.8, 4) is 0 Å². The van der Waals surface area contributed by atoms with Gasteiger partial charge < -0.3 is 5.32 Å². The lowest BCUT2D eigenvalue weighted by atomic mass is 10.1. The van der Waals surface area contributed by atoms with E-state index in [2.05, 4.69) is 40.9 Å². The van der Waals surface area contributed by atoms with Crippen molar-refractivity contribution in [1.29, 1.82) is 0 Å². The Morgan fingerprint density at radius 1 is 1.39 bits per heavy atom. The van der Waals surface area contributed by atoms with Gasteiger partial charge in [0, 0.05) is 23.4 Å². The molecule has 3 nitrogen and oxygen atoms in total. The molecule has 1 aromatic heterocycles. The Labute approximate surface area is 112 Å². The normalized spacial score (nSPS) is 10.5. The quantitative estimate of drug-likeness (QED) is 0.638. The summed E-state index contributed by atoms with van der Waals surface area (Å²) >= 11 is 1.86. The van der Waals surface area contributed by atoms with Crippen LogP contribution >= 0.6 is 11.8 Å². The van der Waals surface area contributed by atoms with Crippen LogP contribution < -0.4 is 5.32 Å². The molecule has 0 saturated heterocycles. The van der Waals surface area contributed by atoms with Crippen LogP contribution in [0, 0.1) is 6.92 Å². The van der Waals surface area contributed by atoms with Crippen LogP contribution in [0.3, 0.4) is 0 Å².